The molecule has 1 N–H and O–H groups in total. The van der Waals surface area contributed by atoms with Crippen molar-refractivity contribution >= 4 is 39.1 Å². The quantitative estimate of drug-likeness (QED) is 0.150. The molecule has 8 nitrogen and oxygen atoms in total. The number of anilines is 1. The molecule has 10 heteroatoms. The van der Waals surface area contributed by atoms with Crippen molar-refractivity contribution in [2.45, 2.75) is 64.1 Å². The largest absolute Gasteiger partial charge is 0.494 e. The Bertz CT molecular complexity index is 1730. The number of aryl methyl sites for hydroxylation is 1. The van der Waals surface area contributed by atoms with Crippen molar-refractivity contribution in [3.63, 3.8) is 0 Å². The highest BCUT2D eigenvalue weighted by molar-refractivity contribution is 7.92. The Hall–Kier alpha value is -4.34. The van der Waals surface area contributed by atoms with E-state index >= 15 is 0 Å². The van der Waals surface area contributed by atoms with Crippen molar-refractivity contribution in [2.75, 3.05) is 17.5 Å². The molecule has 4 aromatic carbocycles. The van der Waals surface area contributed by atoms with Crippen molar-refractivity contribution in [2.24, 2.45) is 0 Å². The SMILES string of the molecule is CCOc1ccc(N(CC(=O)N(Cc2ccccc2Cl)[C@H](Cc2ccccc2)C(=O)N[C@@H](C)CC)S(=O)(=O)c2ccc(C)cc2)cc1. The topological polar surface area (TPSA) is 96.0 Å². The van der Waals surface area contributed by atoms with Crippen molar-refractivity contribution < 1.29 is 22.7 Å². The van der Waals surface area contributed by atoms with E-state index in [0.29, 0.717) is 29.4 Å². The summed E-state index contributed by atoms with van der Waals surface area (Å²) in [7, 11) is -4.22. The lowest BCUT2D eigenvalue weighted by Gasteiger charge is -2.34. The van der Waals surface area contributed by atoms with Gasteiger partial charge in [0.15, 0.2) is 0 Å². The van der Waals surface area contributed by atoms with E-state index in [1.165, 1.54) is 17.0 Å². The summed E-state index contributed by atoms with van der Waals surface area (Å²) in [6.45, 7) is 7.48. The number of nitrogens with one attached hydrogen (secondary N) is 1. The van der Waals surface area contributed by atoms with Gasteiger partial charge in [0, 0.05) is 24.0 Å². The molecule has 248 valence electrons. The molecule has 0 fully saturated rings. The standard InChI is InChI=1S/C37H42ClN3O5S/c1-5-28(4)39-37(43)35(24-29-12-8-7-9-13-29)40(25-30-14-10-11-15-34(30)38)36(42)26-41(31-18-20-32(21-19-31)46-6-2)47(44,45)33-22-16-27(3)17-23-33/h7-23,28,35H,5-6,24-26H2,1-4H3,(H,39,43)/t28-,35+/m0/s1. The van der Waals surface area contributed by atoms with Gasteiger partial charge in [-0.25, -0.2) is 8.42 Å². The van der Waals surface area contributed by atoms with E-state index in [1.807, 2.05) is 64.1 Å². The second kappa shape index (κ2) is 16.5. The van der Waals surface area contributed by atoms with E-state index in [-0.39, 0.29) is 35.5 Å². The van der Waals surface area contributed by atoms with Gasteiger partial charge in [0.1, 0.15) is 18.3 Å². The summed E-state index contributed by atoms with van der Waals surface area (Å²) in [4.78, 5) is 30.0. The minimum atomic E-state index is -4.22. The molecule has 2 amide bonds. The Kier molecular flexibility index (Phi) is 12.4. The Morgan fingerprint density at radius 2 is 1.51 bits per heavy atom. The lowest BCUT2D eigenvalue weighted by atomic mass is 10.0. The van der Waals surface area contributed by atoms with Gasteiger partial charge in [0.25, 0.3) is 10.0 Å². The van der Waals surface area contributed by atoms with E-state index in [0.717, 1.165) is 15.4 Å². The number of ether oxygens (including phenoxy) is 1. The maximum Gasteiger partial charge on any atom is 0.264 e. The van der Waals surface area contributed by atoms with Crippen LogP contribution in [0.4, 0.5) is 5.69 Å². The lowest BCUT2D eigenvalue weighted by molar-refractivity contribution is -0.140. The van der Waals surface area contributed by atoms with Crippen LogP contribution in [-0.2, 0) is 32.6 Å². The molecule has 0 aliphatic heterocycles. The minimum absolute atomic E-state index is 0.00830. The Morgan fingerprint density at radius 3 is 2.13 bits per heavy atom. The molecule has 4 aromatic rings. The molecular formula is C37H42ClN3O5S. The van der Waals surface area contributed by atoms with E-state index in [4.69, 9.17) is 16.3 Å². The number of carbonyl (C=O) groups is 2. The molecule has 2 atom stereocenters. The zero-order valence-corrected chi connectivity index (χ0v) is 28.8. The highest BCUT2D eigenvalue weighted by atomic mass is 35.5. The minimum Gasteiger partial charge on any atom is -0.494 e. The van der Waals surface area contributed by atoms with Gasteiger partial charge < -0.3 is 15.0 Å². The number of hydrogen-bond acceptors (Lipinski definition) is 5. The first-order chi connectivity index (χ1) is 22.5. The predicted octanol–water partition coefficient (Wildman–Crippen LogP) is 6.80. The highest BCUT2D eigenvalue weighted by Gasteiger charge is 2.35. The first kappa shape index (κ1) is 35.5. The third-order valence-electron chi connectivity index (χ3n) is 7.89. The number of hydrogen-bond donors (Lipinski definition) is 1. The summed E-state index contributed by atoms with van der Waals surface area (Å²) in [6, 6.07) is 28.5. The van der Waals surface area contributed by atoms with E-state index in [2.05, 4.69) is 5.32 Å². The Morgan fingerprint density at radius 1 is 0.872 bits per heavy atom. The molecule has 4 rings (SSSR count). The molecule has 0 aromatic heterocycles. The number of nitrogens with zero attached hydrogens (tertiary/aromatic N) is 2. The Labute approximate surface area is 283 Å². The van der Waals surface area contributed by atoms with Crippen LogP contribution in [0.15, 0.2) is 108 Å². The van der Waals surface area contributed by atoms with Crippen molar-refractivity contribution in [3.8, 4) is 5.75 Å². The van der Waals surface area contributed by atoms with Crippen molar-refractivity contribution in [3.05, 3.63) is 125 Å². The van der Waals surface area contributed by atoms with Crippen LogP contribution in [0.25, 0.3) is 0 Å². The zero-order chi connectivity index (χ0) is 34.0. The zero-order valence-electron chi connectivity index (χ0n) is 27.2. The molecule has 0 saturated carbocycles. The molecular weight excluding hydrogens is 634 g/mol. The normalized spacial score (nSPS) is 12.5. The number of benzene rings is 4. The van der Waals surface area contributed by atoms with Crippen molar-refractivity contribution in [1.82, 2.24) is 10.2 Å². The van der Waals surface area contributed by atoms with Crippen LogP contribution < -0.4 is 14.4 Å². The fraction of sp³-hybridized carbons (Fsp3) is 0.297. The molecule has 0 spiro atoms. The molecule has 0 aliphatic rings. The molecule has 0 bridgehead atoms. The fourth-order valence-electron chi connectivity index (χ4n) is 5.05. The fourth-order valence-corrected chi connectivity index (χ4v) is 6.66. The maximum atomic E-state index is 14.6. The summed E-state index contributed by atoms with van der Waals surface area (Å²) in [5.74, 6) is -0.326. The second-order valence-corrected chi connectivity index (χ2v) is 13.7. The average Bonchev–Trinajstić information content (AvgIpc) is 3.07. The second-order valence-electron chi connectivity index (χ2n) is 11.4. The van der Waals surface area contributed by atoms with Gasteiger partial charge in [-0.1, -0.05) is 84.8 Å². The summed E-state index contributed by atoms with van der Waals surface area (Å²) < 4.78 is 35.1. The number of amides is 2. The van der Waals surface area contributed by atoms with Crippen LogP contribution in [-0.4, -0.2) is 50.4 Å². The van der Waals surface area contributed by atoms with Crippen LogP contribution in [0.5, 0.6) is 5.75 Å². The summed E-state index contributed by atoms with van der Waals surface area (Å²) in [5, 5.41) is 3.47. The highest BCUT2D eigenvalue weighted by Crippen LogP contribution is 2.28. The monoisotopic (exact) mass is 675 g/mol. The summed E-state index contributed by atoms with van der Waals surface area (Å²) in [6.07, 6.45) is 0.912. The lowest BCUT2D eigenvalue weighted by Crippen LogP contribution is -2.54. The third-order valence-corrected chi connectivity index (χ3v) is 10.1. The maximum absolute atomic E-state index is 14.6. The van der Waals surface area contributed by atoms with E-state index in [9.17, 15) is 18.0 Å². The average molecular weight is 676 g/mol. The van der Waals surface area contributed by atoms with Gasteiger partial charge in [0.05, 0.1) is 17.2 Å². The molecule has 0 unspecified atom stereocenters. The molecule has 0 radical (unpaired) electrons. The molecule has 47 heavy (non-hydrogen) atoms. The van der Waals surface area contributed by atoms with Gasteiger partial charge in [-0.2, -0.15) is 0 Å². The van der Waals surface area contributed by atoms with Gasteiger partial charge >= 0.3 is 0 Å². The van der Waals surface area contributed by atoms with Crippen LogP contribution in [0.3, 0.4) is 0 Å². The van der Waals surface area contributed by atoms with Crippen LogP contribution in [0.1, 0.15) is 43.9 Å². The van der Waals surface area contributed by atoms with Crippen LogP contribution in [0, 0.1) is 6.92 Å². The smallest absolute Gasteiger partial charge is 0.264 e. The molecule has 0 aliphatic carbocycles. The first-order valence-electron chi connectivity index (χ1n) is 15.7. The van der Waals surface area contributed by atoms with E-state index in [1.54, 1.807) is 54.6 Å². The molecule has 0 saturated heterocycles. The van der Waals surface area contributed by atoms with Gasteiger partial charge in [0.2, 0.25) is 11.8 Å². The first-order valence-corrected chi connectivity index (χ1v) is 17.5. The third kappa shape index (κ3) is 9.36. The number of halogens is 1. The van der Waals surface area contributed by atoms with Crippen molar-refractivity contribution in [1.29, 1.82) is 0 Å². The van der Waals surface area contributed by atoms with Gasteiger partial charge in [-0.3, -0.25) is 13.9 Å². The summed E-state index contributed by atoms with van der Waals surface area (Å²) >= 11 is 6.58. The molecule has 0 heterocycles. The van der Waals surface area contributed by atoms with Crippen LogP contribution >= 0.6 is 11.6 Å². The number of carbonyl (C=O) groups excluding carboxylic acids is 2. The Balaban J connectivity index is 1.81. The summed E-state index contributed by atoms with van der Waals surface area (Å²) in [5.41, 5.74) is 2.66. The van der Waals surface area contributed by atoms with Gasteiger partial charge in [-0.15, -0.1) is 0 Å². The number of rotatable bonds is 15. The van der Waals surface area contributed by atoms with Crippen LogP contribution in [0.2, 0.25) is 5.02 Å². The predicted molar refractivity (Wildman–Crippen MR) is 187 cm³/mol. The number of sulfonamides is 1. The van der Waals surface area contributed by atoms with E-state index < -0.39 is 28.5 Å². The van der Waals surface area contributed by atoms with Gasteiger partial charge in [-0.05, 0) is 80.8 Å².